The molecule has 6 heteroatoms. The molecule has 1 saturated carbocycles. The largest absolute Gasteiger partial charge is 0.464 e. The van der Waals surface area contributed by atoms with E-state index in [0.717, 1.165) is 62.1 Å². The summed E-state index contributed by atoms with van der Waals surface area (Å²) >= 11 is 0. The zero-order chi connectivity index (χ0) is 18.9. The highest BCUT2D eigenvalue weighted by Gasteiger charge is 2.25. The molecule has 0 saturated heterocycles. The van der Waals surface area contributed by atoms with Crippen molar-refractivity contribution < 1.29 is 9.21 Å². The number of nitrogens with zero attached hydrogens (tertiary/aromatic N) is 3. The van der Waals surface area contributed by atoms with Crippen LogP contribution in [0.3, 0.4) is 0 Å². The number of fused-ring (bicyclic) bond motifs is 2. The third kappa shape index (κ3) is 3.56. The summed E-state index contributed by atoms with van der Waals surface area (Å²) in [7, 11) is 0. The number of rotatable bonds is 5. The summed E-state index contributed by atoms with van der Waals surface area (Å²) in [4.78, 5) is 14.5. The molecule has 3 aromatic rings. The molecular formula is C22H26N4O2. The van der Waals surface area contributed by atoms with E-state index in [2.05, 4.69) is 39.2 Å². The van der Waals surface area contributed by atoms with E-state index in [1.54, 1.807) is 6.26 Å². The van der Waals surface area contributed by atoms with Gasteiger partial charge in [-0.2, -0.15) is 5.10 Å². The van der Waals surface area contributed by atoms with Crippen LogP contribution in [0.1, 0.15) is 42.6 Å². The second kappa shape index (κ2) is 7.43. The number of furan rings is 1. The lowest BCUT2D eigenvalue weighted by Gasteiger charge is -2.23. The van der Waals surface area contributed by atoms with Crippen molar-refractivity contribution in [1.82, 2.24) is 20.0 Å². The van der Waals surface area contributed by atoms with Gasteiger partial charge in [-0.1, -0.05) is 12.5 Å². The van der Waals surface area contributed by atoms with Gasteiger partial charge in [0.15, 0.2) is 0 Å². The van der Waals surface area contributed by atoms with Crippen molar-refractivity contribution in [3.05, 3.63) is 53.5 Å². The minimum Gasteiger partial charge on any atom is -0.464 e. The van der Waals surface area contributed by atoms with E-state index in [9.17, 15) is 4.79 Å². The SMILES string of the molecule is O=C(NCc1cc2n(n1)CCCN(Cc1ccc3occc3c1)C2)C1CCC1. The molecule has 146 valence electrons. The lowest BCUT2D eigenvalue weighted by Crippen LogP contribution is -2.34. The molecule has 2 aromatic heterocycles. The highest BCUT2D eigenvalue weighted by molar-refractivity contribution is 5.79. The molecule has 1 aliphatic heterocycles. The Morgan fingerprint density at radius 2 is 2.11 bits per heavy atom. The summed E-state index contributed by atoms with van der Waals surface area (Å²) in [5, 5.41) is 8.93. The molecule has 1 aromatic carbocycles. The molecule has 1 amide bonds. The average molecular weight is 378 g/mol. The second-order valence-corrected chi connectivity index (χ2v) is 8.05. The number of hydrogen-bond acceptors (Lipinski definition) is 4. The Morgan fingerprint density at radius 1 is 1.18 bits per heavy atom. The third-order valence-electron chi connectivity index (χ3n) is 5.99. The maximum Gasteiger partial charge on any atom is 0.223 e. The summed E-state index contributed by atoms with van der Waals surface area (Å²) < 4.78 is 7.56. The molecule has 0 atom stereocenters. The lowest BCUT2D eigenvalue weighted by atomic mass is 9.85. The molecule has 1 N–H and O–H groups in total. The van der Waals surface area contributed by atoms with Crippen LogP contribution in [-0.4, -0.2) is 27.1 Å². The lowest BCUT2D eigenvalue weighted by molar-refractivity contribution is -0.127. The second-order valence-electron chi connectivity index (χ2n) is 8.05. The van der Waals surface area contributed by atoms with Crippen LogP contribution in [0.2, 0.25) is 0 Å². The normalized spacial score (nSPS) is 17.9. The molecule has 28 heavy (non-hydrogen) atoms. The number of aryl methyl sites for hydroxylation is 1. The van der Waals surface area contributed by atoms with E-state index in [4.69, 9.17) is 9.52 Å². The predicted octanol–water partition coefficient (Wildman–Crippen LogP) is 3.45. The van der Waals surface area contributed by atoms with Crippen LogP contribution < -0.4 is 5.32 Å². The number of nitrogens with one attached hydrogen (secondary N) is 1. The van der Waals surface area contributed by atoms with Gasteiger partial charge in [-0.05, 0) is 49.1 Å². The summed E-state index contributed by atoms with van der Waals surface area (Å²) in [6, 6.07) is 10.6. The Bertz CT molecular complexity index is 986. The minimum atomic E-state index is 0.186. The van der Waals surface area contributed by atoms with Gasteiger partial charge in [0.1, 0.15) is 5.58 Å². The number of carbonyl (C=O) groups is 1. The van der Waals surface area contributed by atoms with Crippen molar-refractivity contribution in [3.8, 4) is 0 Å². The fourth-order valence-electron chi connectivity index (χ4n) is 4.17. The van der Waals surface area contributed by atoms with Gasteiger partial charge in [-0.3, -0.25) is 14.4 Å². The molecule has 3 heterocycles. The Balaban J connectivity index is 1.24. The molecule has 1 aliphatic carbocycles. The Kier molecular flexibility index (Phi) is 4.64. The fourth-order valence-corrected chi connectivity index (χ4v) is 4.17. The van der Waals surface area contributed by atoms with E-state index in [1.807, 2.05) is 6.07 Å². The van der Waals surface area contributed by atoms with E-state index in [-0.39, 0.29) is 11.8 Å². The van der Waals surface area contributed by atoms with Crippen LogP contribution in [0.5, 0.6) is 0 Å². The number of hydrogen-bond donors (Lipinski definition) is 1. The molecule has 1 fully saturated rings. The summed E-state index contributed by atoms with van der Waals surface area (Å²) in [5.41, 5.74) is 4.43. The quantitative estimate of drug-likeness (QED) is 0.739. The predicted molar refractivity (Wildman–Crippen MR) is 106 cm³/mol. The van der Waals surface area contributed by atoms with Crippen molar-refractivity contribution in [3.63, 3.8) is 0 Å². The van der Waals surface area contributed by atoms with E-state index in [0.29, 0.717) is 6.54 Å². The number of benzene rings is 1. The third-order valence-corrected chi connectivity index (χ3v) is 5.99. The molecule has 0 unspecified atom stereocenters. The fraction of sp³-hybridized carbons (Fsp3) is 0.455. The smallest absolute Gasteiger partial charge is 0.223 e. The highest BCUT2D eigenvalue weighted by atomic mass is 16.3. The van der Waals surface area contributed by atoms with Gasteiger partial charge < -0.3 is 9.73 Å². The van der Waals surface area contributed by atoms with Gasteiger partial charge >= 0.3 is 0 Å². The first-order chi connectivity index (χ1) is 13.7. The van der Waals surface area contributed by atoms with Crippen LogP contribution in [0.25, 0.3) is 11.0 Å². The first-order valence-corrected chi connectivity index (χ1v) is 10.3. The van der Waals surface area contributed by atoms with Crippen molar-refractivity contribution in [2.24, 2.45) is 5.92 Å². The molecule has 6 nitrogen and oxygen atoms in total. The standard InChI is InChI=1S/C22H26N4O2/c27-22(17-3-1-4-17)23-13-19-12-20-15-25(8-2-9-26(20)24-19)14-16-5-6-21-18(11-16)7-10-28-21/h5-7,10-12,17H,1-4,8-9,13-15H2,(H,23,27). The Labute approximate surface area is 164 Å². The topological polar surface area (TPSA) is 63.3 Å². The Morgan fingerprint density at radius 3 is 2.96 bits per heavy atom. The van der Waals surface area contributed by atoms with Crippen LogP contribution in [0.15, 0.2) is 41.0 Å². The molecule has 0 radical (unpaired) electrons. The van der Waals surface area contributed by atoms with E-state index < -0.39 is 0 Å². The van der Waals surface area contributed by atoms with Crippen molar-refractivity contribution in [1.29, 1.82) is 0 Å². The first kappa shape index (κ1) is 17.5. The zero-order valence-corrected chi connectivity index (χ0v) is 16.1. The van der Waals surface area contributed by atoms with Crippen molar-refractivity contribution in [2.75, 3.05) is 6.54 Å². The summed E-state index contributed by atoms with van der Waals surface area (Å²) in [6.45, 7) is 4.32. The number of aromatic nitrogens is 2. The Hall–Kier alpha value is -2.60. The van der Waals surface area contributed by atoms with E-state index >= 15 is 0 Å². The first-order valence-electron chi connectivity index (χ1n) is 10.3. The number of amides is 1. The van der Waals surface area contributed by atoms with Gasteiger partial charge in [0, 0.05) is 37.5 Å². The van der Waals surface area contributed by atoms with Crippen LogP contribution in [0, 0.1) is 5.92 Å². The van der Waals surface area contributed by atoms with Crippen LogP contribution >= 0.6 is 0 Å². The van der Waals surface area contributed by atoms with Gasteiger partial charge in [-0.25, -0.2) is 0 Å². The summed E-state index contributed by atoms with van der Waals surface area (Å²) in [5.74, 6) is 0.411. The van der Waals surface area contributed by atoms with Gasteiger partial charge in [-0.15, -0.1) is 0 Å². The molecular weight excluding hydrogens is 352 g/mol. The molecule has 5 rings (SSSR count). The monoisotopic (exact) mass is 378 g/mol. The van der Waals surface area contributed by atoms with E-state index in [1.165, 1.54) is 17.7 Å². The maximum atomic E-state index is 12.1. The van der Waals surface area contributed by atoms with Crippen LogP contribution in [0.4, 0.5) is 0 Å². The minimum absolute atomic E-state index is 0.186. The van der Waals surface area contributed by atoms with Crippen LogP contribution in [-0.2, 0) is 31.0 Å². The van der Waals surface area contributed by atoms with Gasteiger partial charge in [0.05, 0.1) is 24.2 Å². The van der Waals surface area contributed by atoms with Crippen molar-refractivity contribution in [2.45, 2.75) is 51.9 Å². The van der Waals surface area contributed by atoms with Crippen molar-refractivity contribution >= 4 is 16.9 Å². The molecule has 0 bridgehead atoms. The zero-order valence-electron chi connectivity index (χ0n) is 16.1. The average Bonchev–Trinajstić information content (AvgIpc) is 3.21. The summed E-state index contributed by atoms with van der Waals surface area (Å²) in [6.07, 6.45) is 6.07. The molecule has 0 spiro atoms. The number of carbonyl (C=O) groups excluding carboxylic acids is 1. The van der Waals surface area contributed by atoms with Gasteiger partial charge in [0.2, 0.25) is 5.91 Å². The van der Waals surface area contributed by atoms with Gasteiger partial charge in [0.25, 0.3) is 0 Å². The highest BCUT2D eigenvalue weighted by Crippen LogP contribution is 2.26. The molecule has 2 aliphatic rings. The maximum absolute atomic E-state index is 12.1.